The van der Waals surface area contributed by atoms with Gasteiger partial charge in [-0.3, -0.25) is 9.63 Å². The molecule has 0 fully saturated rings. The van der Waals surface area contributed by atoms with Crippen molar-refractivity contribution in [1.82, 2.24) is 10.2 Å². The Hall–Kier alpha value is -2.71. The molecule has 0 bridgehead atoms. The zero-order valence-corrected chi connectivity index (χ0v) is 16.9. The topological polar surface area (TPSA) is 84.5 Å². The number of halogens is 1. The molecule has 1 amide bonds. The van der Waals surface area contributed by atoms with E-state index in [1.54, 1.807) is 12.1 Å². The van der Waals surface area contributed by atoms with Crippen LogP contribution in [0, 0.1) is 0 Å². The number of rotatable bonds is 8. The lowest BCUT2D eigenvalue weighted by Gasteiger charge is -2.11. The summed E-state index contributed by atoms with van der Waals surface area (Å²) in [5.41, 5.74) is 4.11. The van der Waals surface area contributed by atoms with E-state index in [2.05, 4.69) is 10.2 Å². The molecule has 0 aliphatic heterocycles. The molecular formula is C21H19ClN2O4S. The summed E-state index contributed by atoms with van der Waals surface area (Å²) in [4.78, 5) is 17.3. The van der Waals surface area contributed by atoms with Crippen molar-refractivity contribution in [3.05, 3.63) is 101 Å². The van der Waals surface area contributed by atoms with E-state index in [1.165, 1.54) is 18.2 Å². The highest BCUT2D eigenvalue weighted by Gasteiger charge is 2.20. The molecule has 0 aromatic heterocycles. The number of carbonyl (C=O) groups is 1. The van der Waals surface area contributed by atoms with Crippen molar-refractivity contribution in [3.63, 3.8) is 0 Å². The molecule has 0 spiro atoms. The molecule has 0 radical (unpaired) electrons. The second-order valence-electron chi connectivity index (χ2n) is 6.16. The van der Waals surface area contributed by atoms with Crippen LogP contribution in [0.3, 0.4) is 0 Å². The van der Waals surface area contributed by atoms with Gasteiger partial charge in [-0.2, -0.15) is 0 Å². The van der Waals surface area contributed by atoms with Crippen molar-refractivity contribution in [2.24, 2.45) is 0 Å². The fraction of sp³-hybridized carbons (Fsp3) is 0.0952. The lowest BCUT2D eigenvalue weighted by atomic mass is 10.2. The van der Waals surface area contributed by atoms with Crippen molar-refractivity contribution in [3.8, 4) is 0 Å². The minimum absolute atomic E-state index is 0.0207. The highest BCUT2D eigenvalue weighted by atomic mass is 35.5. The number of nitrogens with one attached hydrogen (secondary N) is 2. The van der Waals surface area contributed by atoms with Crippen LogP contribution in [0.4, 0.5) is 0 Å². The van der Waals surface area contributed by atoms with E-state index in [-0.39, 0.29) is 28.6 Å². The fourth-order valence-electron chi connectivity index (χ4n) is 2.52. The Morgan fingerprint density at radius 2 is 1.52 bits per heavy atom. The number of benzene rings is 3. The minimum Gasteiger partial charge on any atom is -0.269 e. The predicted molar refractivity (Wildman–Crippen MR) is 111 cm³/mol. The van der Waals surface area contributed by atoms with Gasteiger partial charge in [-0.05, 0) is 29.3 Å². The van der Waals surface area contributed by atoms with Gasteiger partial charge < -0.3 is 0 Å². The molecule has 3 aromatic carbocycles. The summed E-state index contributed by atoms with van der Waals surface area (Å²) in [5, 5.41) is 0.0207. The van der Waals surface area contributed by atoms with Crippen LogP contribution in [0.25, 0.3) is 0 Å². The SMILES string of the molecule is O=C(NOCc1ccccc1)c1ccc(Cl)c(S(=O)(=O)NCc2ccccc2)c1. The zero-order chi connectivity index (χ0) is 20.7. The maximum atomic E-state index is 12.6. The Morgan fingerprint density at radius 3 is 2.17 bits per heavy atom. The van der Waals surface area contributed by atoms with E-state index in [0.717, 1.165) is 11.1 Å². The normalized spacial score (nSPS) is 11.2. The fourth-order valence-corrected chi connectivity index (χ4v) is 4.06. The molecule has 0 saturated carbocycles. The van der Waals surface area contributed by atoms with Gasteiger partial charge in [-0.1, -0.05) is 72.3 Å². The van der Waals surface area contributed by atoms with Crippen LogP contribution in [0.1, 0.15) is 21.5 Å². The lowest BCUT2D eigenvalue weighted by Crippen LogP contribution is -2.26. The molecule has 0 heterocycles. The standard InChI is InChI=1S/C21H19ClN2O4S/c22-19-12-11-18(21(25)24-28-15-17-9-5-2-6-10-17)13-20(19)29(26,27)23-14-16-7-3-1-4-8-16/h1-13,23H,14-15H2,(H,24,25). The largest absolute Gasteiger partial charge is 0.274 e. The van der Waals surface area contributed by atoms with E-state index in [9.17, 15) is 13.2 Å². The van der Waals surface area contributed by atoms with Gasteiger partial charge in [0, 0.05) is 12.1 Å². The first-order valence-electron chi connectivity index (χ1n) is 8.75. The smallest absolute Gasteiger partial charge is 0.269 e. The number of hydrogen-bond donors (Lipinski definition) is 2. The lowest BCUT2D eigenvalue weighted by molar-refractivity contribution is 0.0233. The van der Waals surface area contributed by atoms with Gasteiger partial charge in [0.15, 0.2) is 0 Å². The van der Waals surface area contributed by atoms with Crippen molar-refractivity contribution >= 4 is 27.5 Å². The molecule has 29 heavy (non-hydrogen) atoms. The molecule has 3 rings (SSSR count). The second kappa shape index (κ2) is 9.67. The molecule has 0 atom stereocenters. The van der Waals surface area contributed by atoms with Gasteiger partial charge in [0.25, 0.3) is 5.91 Å². The average molecular weight is 431 g/mol. The summed E-state index contributed by atoms with van der Waals surface area (Å²) in [6, 6.07) is 22.4. The molecule has 3 aromatic rings. The molecule has 150 valence electrons. The molecule has 6 nitrogen and oxygen atoms in total. The summed E-state index contributed by atoms with van der Waals surface area (Å²) in [5.74, 6) is -0.572. The number of amides is 1. The molecule has 8 heteroatoms. The number of carbonyl (C=O) groups excluding carboxylic acids is 1. The monoisotopic (exact) mass is 430 g/mol. The first kappa shape index (κ1) is 21.0. The maximum Gasteiger partial charge on any atom is 0.274 e. The maximum absolute atomic E-state index is 12.6. The summed E-state index contributed by atoms with van der Waals surface area (Å²) in [6.45, 7) is 0.292. The summed E-state index contributed by atoms with van der Waals surface area (Å²) >= 11 is 6.07. The minimum atomic E-state index is -3.91. The first-order chi connectivity index (χ1) is 14.0. The third kappa shape index (κ3) is 5.88. The van der Waals surface area contributed by atoms with Gasteiger partial charge in [0.1, 0.15) is 4.90 Å². The Morgan fingerprint density at radius 1 is 0.897 bits per heavy atom. The third-order valence-electron chi connectivity index (χ3n) is 4.04. The van der Waals surface area contributed by atoms with Crippen LogP contribution < -0.4 is 10.2 Å². The van der Waals surface area contributed by atoms with Crippen LogP contribution in [-0.2, 0) is 28.0 Å². The van der Waals surface area contributed by atoms with E-state index < -0.39 is 15.9 Å². The average Bonchev–Trinajstić information content (AvgIpc) is 2.74. The van der Waals surface area contributed by atoms with Gasteiger partial charge in [-0.25, -0.2) is 18.6 Å². The van der Waals surface area contributed by atoms with Crippen LogP contribution in [0.5, 0.6) is 0 Å². The van der Waals surface area contributed by atoms with E-state index in [0.29, 0.717) is 0 Å². The molecule has 0 aliphatic carbocycles. The first-order valence-corrected chi connectivity index (χ1v) is 10.6. The van der Waals surface area contributed by atoms with Crippen molar-refractivity contribution < 1.29 is 18.0 Å². The number of hydrogen-bond acceptors (Lipinski definition) is 4. The second-order valence-corrected chi connectivity index (χ2v) is 8.30. The van der Waals surface area contributed by atoms with Crippen LogP contribution >= 0.6 is 11.6 Å². The highest BCUT2D eigenvalue weighted by Crippen LogP contribution is 2.23. The van der Waals surface area contributed by atoms with E-state index in [4.69, 9.17) is 16.4 Å². The van der Waals surface area contributed by atoms with Crippen LogP contribution in [0.15, 0.2) is 83.8 Å². The number of hydroxylamine groups is 1. The molecule has 0 aliphatic rings. The van der Waals surface area contributed by atoms with Gasteiger partial charge in [-0.15, -0.1) is 0 Å². The van der Waals surface area contributed by atoms with Gasteiger partial charge in [0.2, 0.25) is 10.0 Å². The van der Waals surface area contributed by atoms with E-state index >= 15 is 0 Å². The molecule has 0 unspecified atom stereocenters. The van der Waals surface area contributed by atoms with Crippen LogP contribution in [0.2, 0.25) is 5.02 Å². The quantitative estimate of drug-likeness (QED) is 0.534. The summed E-state index contributed by atoms with van der Waals surface area (Å²) in [6.07, 6.45) is 0. The summed E-state index contributed by atoms with van der Waals surface area (Å²) in [7, 11) is -3.91. The Balaban J connectivity index is 1.67. The van der Waals surface area contributed by atoms with Crippen molar-refractivity contribution in [2.75, 3.05) is 0 Å². The third-order valence-corrected chi connectivity index (χ3v) is 5.92. The number of sulfonamides is 1. The summed E-state index contributed by atoms with van der Waals surface area (Å²) < 4.78 is 27.8. The van der Waals surface area contributed by atoms with Crippen LogP contribution in [-0.4, -0.2) is 14.3 Å². The Labute approximate surface area is 174 Å². The van der Waals surface area contributed by atoms with Gasteiger partial charge in [0.05, 0.1) is 11.6 Å². The molecular weight excluding hydrogens is 412 g/mol. The Kier molecular flexibility index (Phi) is 7.00. The van der Waals surface area contributed by atoms with Crippen molar-refractivity contribution in [2.45, 2.75) is 18.0 Å². The van der Waals surface area contributed by atoms with E-state index in [1.807, 2.05) is 48.5 Å². The molecule has 2 N–H and O–H groups in total. The Bertz CT molecular complexity index is 1070. The van der Waals surface area contributed by atoms with Gasteiger partial charge >= 0.3 is 0 Å². The zero-order valence-electron chi connectivity index (χ0n) is 15.3. The highest BCUT2D eigenvalue weighted by molar-refractivity contribution is 7.89. The predicted octanol–water partition coefficient (Wildman–Crippen LogP) is 3.68. The van der Waals surface area contributed by atoms with Crippen molar-refractivity contribution in [1.29, 1.82) is 0 Å². The molecule has 0 saturated heterocycles.